The van der Waals surface area contributed by atoms with Crippen molar-refractivity contribution in [1.29, 1.82) is 0 Å². The van der Waals surface area contributed by atoms with Gasteiger partial charge in [0.2, 0.25) is 0 Å². The Morgan fingerprint density at radius 1 is 1.19 bits per heavy atom. The number of piperazine rings is 1. The number of amides is 1. The highest BCUT2D eigenvalue weighted by atomic mass is 16.2. The van der Waals surface area contributed by atoms with Crippen molar-refractivity contribution in [1.82, 2.24) is 19.6 Å². The first kappa shape index (κ1) is 18.0. The van der Waals surface area contributed by atoms with Crippen molar-refractivity contribution in [3.8, 4) is 0 Å². The third-order valence-corrected chi connectivity index (χ3v) is 5.90. The van der Waals surface area contributed by atoms with E-state index in [9.17, 15) is 4.79 Å². The second-order valence-corrected chi connectivity index (χ2v) is 8.17. The minimum Gasteiger partial charge on any atom is -0.363 e. The Balaban J connectivity index is 1.61. The number of hydrogen-bond acceptors (Lipinski definition) is 4. The lowest BCUT2D eigenvalue weighted by Crippen LogP contribution is -2.48. The number of carbonyl (C=O) groups is 1. The molecular formula is C21H29N5O. The fourth-order valence-corrected chi connectivity index (χ4v) is 4.23. The third kappa shape index (κ3) is 3.34. The maximum Gasteiger partial charge on any atom is 0.259 e. The van der Waals surface area contributed by atoms with Crippen molar-refractivity contribution in [3.05, 3.63) is 47.7 Å². The monoisotopic (exact) mass is 367 g/mol. The fraction of sp³-hybridized carbons (Fsp3) is 0.524. The van der Waals surface area contributed by atoms with Crippen LogP contribution in [0.15, 0.2) is 36.5 Å². The number of likely N-dealkylation sites (N-methyl/N-ethyl adjacent to an activating group) is 1. The average molecular weight is 367 g/mol. The van der Waals surface area contributed by atoms with Gasteiger partial charge in [-0.05, 0) is 32.4 Å². The average Bonchev–Trinajstić information content (AvgIpc) is 3.13. The summed E-state index contributed by atoms with van der Waals surface area (Å²) in [5, 5.41) is 8.18. The van der Waals surface area contributed by atoms with E-state index < -0.39 is 0 Å². The Kier molecular flexibility index (Phi) is 4.68. The van der Waals surface area contributed by atoms with Gasteiger partial charge in [-0.1, -0.05) is 37.3 Å². The van der Waals surface area contributed by atoms with E-state index in [1.54, 1.807) is 6.20 Å². The lowest BCUT2D eigenvalue weighted by molar-refractivity contribution is 0.0644. The smallest absolute Gasteiger partial charge is 0.259 e. The molecule has 3 heterocycles. The second kappa shape index (κ2) is 7.00. The summed E-state index contributed by atoms with van der Waals surface area (Å²) in [6, 6.07) is 10.6. The van der Waals surface area contributed by atoms with Crippen LogP contribution in [0.2, 0.25) is 0 Å². The molecule has 0 spiro atoms. The second-order valence-electron chi connectivity index (χ2n) is 8.17. The molecule has 1 aromatic heterocycles. The van der Waals surface area contributed by atoms with E-state index in [1.165, 1.54) is 5.56 Å². The largest absolute Gasteiger partial charge is 0.363 e. The number of fused-ring (bicyclic) bond motifs is 1. The van der Waals surface area contributed by atoms with E-state index in [4.69, 9.17) is 0 Å². The lowest BCUT2D eigenvalue weighted by atomic mass is 9.89. The zero-order valence-electron chi connectivity index (χ0n) is 16.5. The standard InChI is InChI=1S/C21H29N5O/c1-4-24-10-12-25(13-11-24)20(27)17-15-22-26-19(17)23-18(14-21(26,2)3)16-8-6-5-7-9-16/h5-9,15,18,23H,4,10-14H2,1-3H3. The molecule has 4 rings (SSSR count). The molecule has 6 nitrogen and oxygen atoms in total. The molecule has 27 heavy (non-hydrogen) atoms. The van der Waals surface area contributed by atoms with Crippen LogP contribution in [0.4, 0.5) is 5.82 Å². The van der Waals surface area contributed by atoms with E-state index in [2.05, 4.69) is 60.4 Å². The minimum atomic E-state index is -0.152. The molecule has 1 aromatic carbocycles. The highest BCUT2D eigenvalue weighted by Crippen LogP contribution is 2.40. The van der Waals surface area contributed by atoms with E-state index >= 15 is 0 Å². The van der Waals surface area contributed by atoms with Crippen molar-refractivity contribution in [2.75, 3.05) is 38.0 Å². The first-order valence-electron chi connectivity index (χ1n) is 9.91. The van der Waals surface area contributed by atoms with Gasteiger partial charge in [-0.3, -0.25) is 4.79 Å². The van der Waals surface area contributed by atoms with Gasteiger partial charge in [0.1, 0.15) is 11.4 Å². The van der Waals surface area contributed by atoms with Gasteiger partial charge in [0.25, 0.3) is 5.91 Å². The fourth-order valence-electron chi connectivity index (χ4n) is 4.23. The molecule has 0 aliphatic carbocycles. The first-order chi connectivity index (χ1) is 13.0. The van der Waals surface area contributed by atoms with Crippen molar-refractivity contribution < 1.29 is 4.79 Å². The molecule has 2 aliphatic heterocycles. The summed E-state index contributed by atoms with van der Waals surface area (Å²) in [4.78, 5) is 17.5. The molecule has 1 N–H and O–H groups in total. The lowest BCUT2D eigenvalue weighted by Gasteiger charge is -2.39. The Morgan fingerprint density at radius 3 is 2.56 bits per heavy atom. The van der Waals surface area contributed by atoms with Crippen LogP contribution in [0.25, 0.3) is 0 Å². The normalized spacial score (nSPS) is 22.2. The van der Waals surface area contributed by atoms with Crippen LogP contribution in [0, 0.1) is 0 Å². The van der Waals surface area contributed by atoms with Crippen LogP contribution < -0.4 is 5.32 Å². The minimum absolute atomic E-state index is 0.0871. The molecule has 144 valence electrons. The number of nitrogens with zero attached hydrogens (tertiary/aromatic N) is 4. The summed E-state index contributed by atoms with van der Waals surface area (Å²) in [7, 11) is 0. The number of hydrogen-bond donors (Lipinski definition) is 1. The summed E-state index contributed by atoms with van der Waals surface area (Å²) in [6.45, 7) is 11.0. The van der Waals surface area contributed by atoms with E-state index in [0.29, 0.717) is 5.56 Å². The van der Waals surface area contributed by atoms with Crippen LogP contribution >= 0.6 is 0 Å². The SMILES string of the molecule is CCN1CCN(C(=O)c2cnn3c2NC(c2ccccc2)CC3(C)C)CC1. The van der Waals surface area contributed by atoms with Crippen LogP contribution in [0.5, 0.6) is 0 Å². The van der Waals surface area contributed by atoms with E-state index in [0.717, 1.165) is 45.0 Å². The number of carbonyl (C=O) groups excluding carboxylic acids is 1. The van der Waals surface area contributed by atoms with E-state index in [1.807, 2.05) is 15.6 Å². The first-order valence-corrected chi connectivity index (χ1v) is 9.91. The van der Waals surface area contributed by atoms with Crippen LogP contribution in [0.3, 0.4) is 0 Å². The molecule has 2 aromatic rings. The molecule has 1 fully saturated rings. The number of nitrogens with one attached hydrogen (secondary N) is 1. The predicted molar refractivity (Wildman–Crippen MR) is 107 cm³/mol. The molecule has 1 amide bonds. The van der Waals surface area contributed by atoms with Gasteiger partial charge in [-0.15, -0.1) is 0 Å². The summed E-state index contributed by atoms with van der Waals surface area (Å²) < 4.78 is 1.99. The van der Waals surface area contributed by atoms with Crippen molar-refractivity contribution in [2.45, 2.75) is 38.8 Å². The zero-order valence-corrected chi connectivity index (χ0v) is 16.5. The van der Waals surface area contributed by atoms with Crippen LogP contribution in [-0.2, 0) is 5.54 Å². The Morgan fingerprint density at radius 2 is 1.89 bits per heavy atom. The molecule has 1 unspecified atom stereocenters. The van der Waals surface area contributed by atoms with Gasteiger partial charge >= 0.3 is 0 Å². The Labute approximate surface area is 161 Å². The highest BCUT2D eigenvalue weighted by Gasteiger charge is 2.37. The molecule has 1 atom stereocenters. The quantitative estimate of drug-likeness (QED) is 0.906. The number of anilines is 1. The molecule has 1 saturated heterocycles. The maximum absolute atomic E-state index is 13.2. The maximum atomic E-state index is 13.2. The number of benzene rings is 1. The number of rotatable bonds is 3. The number of aromatic nitrogens is 2. The van der Waals surface area contributed by atoms with Crippen molar-refractivity contribution in [3.63, 3.8) is 0 Å². The molecule has 0 radical (unpaired) electrons. The van der Waals surface area contributed by atoms with Gasteiger partial charge in [0.05, 0.1) is 17.8 Å². The van der Waals surface area contributed by atoms with Crippen molar-refractivity contribution >= 4 is 11.7 Å². The van der Waals surface area contributed by atoms with Gasteiger partial charge < -0.3 is 15.1 Å². The van der Waals surface area contributed by atoms with Gasteiger partial charge in [0, 0.05) is 26.2 Å². The summed E-state index contributed by atoms with van der Waals surface area (Å²) >= 11 is 0. The molecule has 0 saturated carbocycles. The van der Waals surface area contributed by atoms with Crippen LogP contribution in [0.1, 0.15) is 49.2 Å². The summed E-state index contributed by atoms with van der Waals surface area (Å²) in [5.74, 6) is 0.937. The molecule has 2 aliphatic rings. The van der Waals surface area contributed by atoms with Gasteiger partial charge in [-0.2, -0.15) is 5.10 Å². The van der Waals surface area contributed by atoms with Gasteiger partial charge in [-0.25, -0.2) is 4.68 Å². The Bertz CT molecular complexity index is 805. The Hall–Kier alpha value is -2.34. The van der Waals surface area contributed by atoms with Crippen molar-refractivity contribution in [2.24, 2.45) is 0 Å². The topological polar surface area (TPSA) is 53.4 Å². The molecular weight excluding hydrogens is 338 g/mol. The molecule has 0 bridgehead atoms. The predicted octanol–water partition coefficient (Wildman–Crippen LogP) is 2.95. The highest BCUT2D eigenvalue weighted by molar-refractivity contribution is 5.99. The summed E-state index contributed by atoms with van der Waals surface area (Å²) in [5.41, 5.74) is 1.78. The summed E-state index contributed by atoms with van der Waals surface area (Å²) in [6.07, 6.45) is 2.67. The van der Waals surface area contributed by atoms with E-state index in [-0.39, 0.29) is 17.5 Å². The van der Waals surface area contributed by atoms with Gasteiger partial charge in [0.15, 0.2) is 0 Å². The zero-order chi connectivity index (χ0) is 19.0. The van der Waals surface area contributed by atoms with Crippen LogP contribution in [-0.4, -0.2) is 58.2 Å². The molecule has 6 heteroatoms. The third-order valence-electron chi connectivity index (χ3n) is 5.90.